The van der Waals surface area contributed by atoms with Gasteiger partial charge in [-0.05, 0) is 93.5 Å². The highest BCUT2D eigenvalue weighted by Gasteiger charge is 2.40. The maximum absolute atomic E-state index is 12.8. The van der Waals surface area contributed by atoms with Gasteiger partial charge in [0.1, 0.15) is 5.03 Å². The van der Waals surface area contributed by atoms with Gasteiger partial charge in [0.05, 0.1) is 47.3 Å². The lowest BCUT2D eigenvalue weighted by Crippen LogP contribution is -2.31. The summed E-state index contributed by atoms with van der Waals surface area (Å²) in [6.45, 7) is 1.44. The maximum atomic E-state index is 12.8. The first kappa shape index (κ1) is 48.0. The molecule has 2 aromatic carbocycles. The van der Waals surface area contributed by atoms with Crippen LogP contribution in [0.15, 0.2) is 68.2 Å². The molecule has 1 aliphatic heterocycles. The van der Waals surface area contributed by atoms with Crippen molar-refractivity contribution in [2.75, 3.05) is 30.6 Å². The van der Waals surface area contributed by atoms with Crippen LogP contribution >= 0.6 is 30.8 Å². The molecule has 3 aliphatic rings. The Kier molecular flexibility index (Phi) is 15.8. The Morgan fingerprint density at radius 2 is 1.67 bits per heavy atom. The molecular weight excluding hydrogens is 885 g/mol. The Morgan fingerprint density at radius 1 is 1.05 bits per heavy atom. The number of anilines is 1. The number of carboxylic acid groups (broad SMARTS) is 1. The lowest BCUT2D eigenvalue weighted by atomic mass is 9.93. The van der Waals surface area contributed by atoms with Gasteiger partial charge in [-0.25, -0.2) is 18.1 Å². The normalized spacial score (nSPS) is 15.8. The number of halogens is 5. The Labute approximate surface area is 350 Å². The van der Waals surface area contributed by atoms with E-state index in [1.165, 1.54) is 17.2 Å². The summed E-state index contributed by atoms with van der Waals surface area (Å²) in [7, 11) is -8.14. The van der Waals surface area contributed by atoms with Gasteiger partial charge in [-0.3, -0.25) is 29.1 Å². The third-order valence-electron chi connectivity index (χ3n) is 8.72. The molecule has 6 rings (SSSR count). The minimum absolute atomic E-state index is 0.0441. The molecular formula is C37H37Cl2F3N3O13PS. The molecule has 1 fully saturated rings. The molecule has 0 radical (unpaired) electrons. The number of hydrogen-bond donors (Lipinski definition) is 4. The first-order valence-electron chi connectivity index (χ1n) is 17.8. The summed E-state index contributed by atoms with van der Waals surface area (Å²) < 4.78 is 82.2. The van der Waals surface area contributed by atoms with Gasteiger partial charge in [-0.2, -0.15) is 13.2 Å². The van der Waals surface area contributed by atoms with Crippen LogP contribution in [0.25, 0.3) is 6.08 Å². The summed E-state index contributed by atoms with van der Waals surface area (Å²) in [5.41, 5.74) is 0.673. The third-order valence-corrected chi connectivity index (χ3v) is 11.1. The minimum Gasteiger partial charge on any atom is -0.480 e. The van der Waals surface area contributed by atoms with Gasteiger partial charge in [0, 0.05) is 33.9 Å². The van der Waals surface area contributed by atoms with Crippen molar-refractivity contribution in [3.63, 3.8) is 0 Å². The summed E-state index contributed by atoms with van der Waals surface area (Å²) in [6.07, 6.45) is 2.71. The van der Waals surface area contributed by atoms with E-state index in [-0.39, 0.29) is 40.5 Å². The molecule has 1 saturated carbocycles. The molecule has 324 valence electrons. The van der Waals surface area contributed by atoms with Crippen LogP contribution in [0, 0.1) is 0 Å². The van der Waals surface area contributed by atoms with Gasteiger partial charge < -0.3 is 24.2 Å². The van der Waals surface area contributed by atoms with E-state index in [0.717, 1.165) is 38.0 Å². The quantitative estimate of drug-likeness (QED) is 0.0517. The van der Waals surface area contributed by atoms with E-state index in [4.69, 9.17) is 47.4 Å². The number of amides is 2. The second-order valence-corrected chi connectivity index (χ2v) is 17.8. The lowest BCUT2D eigenvalue weighted by Gasteiger charge is -2.16. The van der Waals surface area contributed by atoms with E-state index in [9.17, 15) is 50.1 Å². The van der Waals surface area contributed by atoms with Crippen LogP contribution in [0.1, 0.15) is 84.2 Å². The number of sulfone groups is 1. The number of ether oxygens (including phenoxy) is 1. The average molecular weight is 923 g/mol. The van der Waals surface area contributed by atoms with Crippen molar-refractivity contribution >= 4 is 81.9 Å². The number of hydrogen-bond acceptors (Lipinski definition) is 12. The Bertz CT molecular complexity index is 2380. The van der Waals surface area contributed by atoms with Crippen LogP contribution in [0.3, 0.4) is 0 Å². The van der Waals surface area contributed by atoms with Gasteiger partial charge in [0.15, 0.2) is 21.4 Å². The Morgan fingerprint density at radius 3 is 2.18 bits per heavy atom. The first-order valence-corrected chi connectivity index (χ1v) is 22.2. The van der Waals surface area contributed by atoms with Gasteiger partial charge in [-0.1, -0.05) is 28.4 Å². The monoisotopic (exact) mass is 921 g/mol. The molecule has 1 aromatic heterocycles. The zero-order valence-corrected chi connectivity index (χ0v) is 34.8. The molecule has 23 heteroatoms. The number of aliphatic carboxylic acids is 1. The van der Waals surface area contributed by atoms with Crippen molar-refractivity contribution in [3.8, 4) is 0 Å². The number of carbonyl (C=O) groups excluding carboxylic acids is 4. The summed E-state index contributed by atoms with van der Waals surface area (Å²) >= 11 is 12.1. The molecule has 60 heavy (non-hydrogen) atoms. The number of rotatable bonds is 12. The molecule has 0 spiro atoms. The summed E-state index contributed by atoms with van der Waals surface area (Å²) in [6, 6.07) is 6.78. The van der Waals surface area contributed by atoms with E-state index in [0.29, 0.717) is 58.2 Å². The standard InChI is InChI=1S/C19H17Cl2NO4.C15H12F3NO4S.C3H8NO5P/c1-2-26-19(25)16(21)10-11-9-12(7-8-15(11)20)22-17(23)13-5-3-4-6-14(13)18(22)24;1-24(21,22)12-6-9(15(16,17)18)4-5-10(12)13(20)11-7-19-23-14(11)8-2-3-8;5-3(6)1-4-2-10(7,8)9/h7-10H,2-6H2,1H3;4-8H,2-3H2,1H3;4H,1-2H2,(H,5,6)(H2,7,8,9)/b16-10-;;. The topological polar surface area (TPSA) is 248 Å². The summed E-state index contributed by atoms with van der Waals surface area (Å²) in [4.78, 5) is 76.3. The number of ketones is 1. The second kappa shape index (κ2) is 19.8. The molecule has 0 bridgehead atoms. The van der Waals surface area contributed by atoms with Gasteiger partial charge in [-0.15, -0.1) is 0 Å². The number of carbonyl (C=O) groups is 5. The van der Waals surface area contributed by atoms with E-state index < -0.39 is 64.6 Å². The van der Waals surface area contributed by atoms with Crippen LogP contribution in [0.5, 0.6) is 0 Å². The lowest BCUT2D eigenvalue weighted by molar-refractivity contribution is -0.138. The summed E-state index contributed by atoms with van der Waals surface area (Å²) in [5, 5.41) is 13.8. The Hall–Kier alpha value is -4.69. The summed E-state index contributed by atoms with van der Waals surface area (Å²) in [5.74, 6) is -2.69. The number of esters is 1. The average Bonchev–Trinajstić information content (AvgIpc) is 3.83. The molecule has 4 N–H and O–H groups in total. The SMILES string of the molecule is CCOC(=O)/C(Cl)=C/c1cc(N2C(=O)C3=C(CCCC3)C2=O)ccc1Cl.CS(=O)(=O)c1cc(C(F)(F)F)ccc1C(=O)c1cnoc1C1CC1.O=C(O)CNCP(=O)(O)O. The van der Waals surface area contributed by atoms with Gasteiger partial charge >= 0.3 is 25.7 Å². The zero-order chi connectivity index (χ0) is 44.7. The maximum Gasteiger partial charge on any atom is 0.416 e. The van der Waals surface area contributed by atoms with Gasteiger partial charge in [0.2, 0.25) is 0 Å². The van der Waals surface area contributed by atoms with Crippen LogP contribution < -0.4 is 10.2 Å². The van der Waals surface area contributed by atoms with Crippen molar-refractivity contribution in [3.05, 3.63) is 91.8 Å². The molecule has 2 heterocycles. The largest absolute Gasteiger partial charge is 0.480 e. The molecule has 2 amide bonds. The van der Waals surface area contributed by atoms with E-state index in [1.54, 1.807) is 25.1 Å². The van der Waals surface area contributed by atoms with E-state index in [2.05, 4.69) is 10.5 Å². The number of nitrogens with one attached hydrogen (secondary N) is 1. The van der Waals surface area contributed by atoms with Crippen molar-refractivity contribution < 1.29 is 74.3 Å². The predicted octanol–water partition coefficient (Wildman–Crippen LogP) is 6.23. The molecule has 0 saturated heterocycles. The van der Waals surface area contributed by atoms with E-state index >= 15 is 0 Å². The smallest absolute Gasteiger partial charge is 0.416 e. The van der Waals surface area contributed by atoms with Crippen molar-refractivity contribution in [2.24, 2.45) is 0 Å². The molecule has 16 nitrogen and oxygen atoms in total. The van der Waals surface area contributed by atoms with Crippen LogP contribution in [0.2, 0.25) is 5.02 Å². The Balaban J connectivity index is 0.000000217. The fourth-order valence-corrected chi connectivity index (χ4v) is 7.50. The predicted molar refractivity (Wildman–Crippen MR) is 209 cm³/mol. The number of carboxylic acids is 1. The van der Waals surface area contributed by atoms with Gasteiger partial charge in [0.25, 0.3) is 11.8 Å². The van der Waals surface area contributed by atoms with Crippen LogP contribution in [0.4, 0.5) is 18.9 Å². The number of alkyl halides is 3. The van der Waals surface area contributed by atoms with Crippen molar-refractivity contribution in [2.45, 2.75) is 62.4 Å². The van der Waals surface area contributed by atoms with E-state index in [1.807, 2.05) is 0 Å². The number of imide groups is 1. The number of aromatic nitrogens is 1. The molecule has 2 aliphatic carbocycles. The molecule has 3 aromatic rings. The molecule has 0 unspecified atom stereocenters. The minimum atomic E-state index is -4.71. The van der Waals surface area contributed by atoms with Crippen LogP contribution in [-0.2, 0) is 44.5 Å². The van der Waals surface area contributed by atoms with Crippen molar-refractivity contribution in [1.29, 1.82) is 0 Å². The fourth-order valence-electron chi connectivity index (χ4n) is 5.86. The van der Waals surface area contributed by atoms with Crippen LogP contribution in [-0.4, -0.2) is 83.7 Å². The second-order valence-electron chi connectivity index (χ2n) is 13.4. The molecule has 0 atom stereocenters. The number of nitrogens with zero attached hydrogens (tertiary/aromatic N) is 2. The highest BCUT2D eigenvalue weighted by molar-refractivity contribution is 7.90. The fraction of sp³-hybridized carbons (Fsp3) is 0.351. The van der Waals surface area contributed by atoms with Crippen molar-refractivity contribution in [1.82, 2.24) is 10.5 Å². The number of benzene rings is 2. The third kappa shape index (κ3) is 12.7. The highest BCUT2D eigenvalue weighted by Crippen LogP contribution is 2.43. The zero-order valence-electron chi connectivity index (χ0n) is 31.6. The highest BCUT2D eigenvalue weighted by atomic mass is 35.5. The first-order chi connectivity index (χ1) is 27.9.